The van der Waals surface area contributed by atoms with E-state index in [4.69, 9.17) is 0 Å². The van der Waals surface area contributed by atoms with Crippen LogP contribution < -0.4 is 5.32 Å². The predicted molar refractivity (Wildman–Crippen MR) is 184 cm³/mol. The van der Waals surface area contributed by atoms with E-state index in [-0.39, 0.29) is 12.5 Å². The van der Waals surface area contributed by atoms with Gasteiger partial charge in [0.1, 0.15) is 0 Å². The minimum absolute atomic E-state index is 0.139. The quantitative estimate of drug-likeness (QED) is 0.0525. The zero-order chi connectivity index (χ0) is 30.8. The van der Waals surface area contributed by atoms with Gasteiger partial charge in [0.2, 0.25) is 5.91 Å². The van der Waals surface area contributed by atoms with Crippen molar-refractivity contribution in [1.29, 1.82) is 0 Å². The van der Waals surface area contributed by atoms with Crippen LogP contribution in [-0.2, 0) is 4.79 Å². The van der Waals surface area contributed by atoms with Crippen molar-refractivity contribution in [1.82, 2.24) is 5.32 Å². The largest absolute Gasteiger partial charge is 0.394 e. The summed E-state index contributed by atoms with van der Waals surface area (Å²) in [6.45, 7) is 4.29. The standard InChI is InChI=1S/C38H73NO3/c1-3-5-7-9-11-13-15-17-18-19-20-22-24-26-28-30-32-34-38(42)39-36(35-40)37(41)33-31-29-27-25-23-21-16-14-12-10-8-6-4-2/h29-32,36-37,40-41H,3-28,33-35H2,1-2H3,(H,39,42)/t36-,37+/m0/s1. The number of hydrogen-bond acceptors (Lipinski definition) is 3. The SMILES string of the molecule is CCCCCCCCCCCCC=CC[C@@H](O)[C@H](CO)NC(=O)CC=CCCCCCCCCCCCCCCCC. The molecular formula is C38H73NO3. The van der Waals surface area contributed by atoms with E-state index in [1.54, 1.807) is 0 Å². The molecule has 0 saturated heterocycles. The summed E-state index contributed by atoms with van der Waals surface area (Å²) in [4.78, 5) is 12.3. The third kappa shape index (κ3) is 30.3. The van der Waals surface area contributed by atoms with Crippen molar-refractivity contribution >= 4 is 5.91 Å². The molecular weight excluding hydrogens is 518 g/mol. The molecule has 0 aliphatic heterocycles. The lowest BCUT2D eigenvalue weighted by atomic mass is 10.0. The lowest BCUT2D eigenvalue weighted by Gasteiger charge is -2.21. The summed E-state index contributed by atoms with van der Waals surface area (Å²) in [6, 6.07) is -0.612. The molecule has 0 aliphatic rings. The highest BCUT2D eigenvalue weighted by atomic mass is 16.3. The molecule has 0 aromatic rings. The van der Waals surface area contributed by atoms with Gasteiger partial charge in [-0.1, -0.05) is 179 Å². The molecule has 42 heavy (non-hydrogen) atoms. The number of unbranched alkanes of at least 4 members (excludes halogenated alkanes) is 24. The van der Waals surface area contributed by atoms with Gasteiger partial charge in [0.05, 0.1) is 18.8 Å². The van der Waals surface area contributed by atoms with E-state index >= 15 is 0 Å². The fraction of sp³-hybridized carbons (Fsp3) is 0.868. The average molecular weight is 592 g/mol. The summed E-state index contributed by atoms with van der Waals surface area (Å²) in [5.74, 6) is -0.139. The summed E-state index contributed by atoms with van der Waals surface area (Å²) >= 11 is 0. The molecule has 2 atom stereocenters. The summed E-state index contributed by atoms with van der Waals surface area (Å²) in [7, 11) is 0. The van der Waals surface area contributed by atoms with Crippen LogP contribution in [0.25, 0.3) is 0 Å². The third-order valence-corrected chi connectivity index (χ3v) is 8.47. The monoisotopic (exact) mass is 592 g/mol. The maximum atomic E-state index is 12.3. The number of allylic oxidation sites excluding steroid dienone is 2. The zero-order valence-corrected chi connectivity index (χ0v) is 28.3. The van der Waals surface area contributed by atoms with Crippen molar-refractivity contribution in [3.8, 4) is 0 Å². The molecule has 0 aromatic heterocycles. The molecule has 0 aliphatic carbocycles. The van der Waals surface area contributed by atoms with Gasteiger partial charge in [0.15, 0.2) is 0 Å². The molecule has 4 nitrogen and oxygen atoms in total. The molecule has 0 unspecified atom stereocenters. The minimum atomic E-state index is -0.762. The number of aliphatic hydroxyl groups excluding tert-OH is 2. The van der Waals surface area contributed by atoms with Crippen LogP contribution in [0.15, 0.2) is 24.3 Å². The maximum absolute atomic E-state index is 12.3. The Morgan fingerprint density at radius 1 is 0.548 bits per heavy atom. The smallest absolute Gasteiger partial charge is 0.224 e. The molecule has 248 valence electrons. The number of nitrogens with one attached hydrogen (secondary N) is 1. The van der Waals surface area contributed by atoms with Crippen molar-refractivity contribution in [2.24, 2.45) is 0 Å². The van der Waals surface area contributed by atoms with Gasteiger partial charge in [-0.25, -0.2) is 0 Å². The number of amides is 1. The van der Waals surface area contributed by atoms with Gasteiger partial charge >= 0.3 is 0 Å². The molecule has 3 N–H and O–H groups in total. The first-order valence-electron chi connectivity index (χ1n) is 18.5. The van der Waals surface area contributed by atoms with E-state index in [0.717, 1.165) is 12.8 Å². The van der Waals surface area contributed by atoms with E-state index in [0.29, 0.717) is 12.8 Å². The highest BCUT2D eigenvalue weighted by Gasteiger charge is 2.18. The lowest BCUT2D eigenvalue weighted by Crippen LogP contribution is -2.45. The zero-order valence-electron chi connectivity index (χ0n) is 28.3. The second-order valence-electron chi connectivity index (χ2n) is 12.7. The van der Waals surface area contributed by atoms with Gasteiger partial charge in [-0.15, -0.1) is 0 Å². The van der Waals surface area contributed by atoms with Crippen LogP contribution in [0.2, 0.25) is 0 Å². The van der Waals surface area contributed by atoms with Crippen LogP contribution in [0, 0.1) is 0 Å². The third-order valence-electron chi connectivity index (χ3n) is 8.47. The Balaban J connectivity index is 3.65. The van der Waals surface area contributed by atoms with E-state index in [2.05, 4.69) is 31.3 Å². The molecule has 0 aromatic carbocycles. The van der Waals surface area contributed by atoms with E-state index in [1.165, 1.54) is 154 Å². The summed E-state index contributed by atoms with van der Waals surface area (Å²) in [6.07, 6.45) is 42.7. The van der Waals surface area contributed by atoms with Gasteiger partial charge in [-0.05, 0) is 32.1 Å². The summed E-state index contributed by atoms with van der Waals surface area (Å²) in [5, 5.41) is 22.9. The highest BCUT2D eigenvalue weighted by Crippen LogP contribution is 2.14. The number of aliphatic hydroxyl groups is 2. The molecule has 0 spiro atoms. The topological polar surface area (TPSA) is 69.6 Å². The Hall–Kier alpha value is -1.13. The Morgan fingerprint density at radius 2 is 0.905 bits per heavy atom. The number of carbonyl (C=O) groups excluding carboxylic acids is 1. The molecule has 0 bridgehead atoms. The van der Waals surface area contributed by atoms with Crippen LogP contribution in [0.3, 0.4) is 0 Å². The molecule has 0 saturated carbocycles. The minimum Gasteiger partial charge on any atom is -0.394 e. The number of hydrogen-bond donors (Lipinski definition) is 3. The number of carbonyl (C=O) groups is 1. The maximum Gasteiger partial charge on any atom is 0.224 e. The van der Waals surface area contributed by atoms with Crippen molar-refractivity contribution in [3.05, 3.63) is 24.3 Å². The van der Waals surface area contributed by atoms with E-state index in [9.17, 15) is 15.0 Å². The van der Waals surface area contributed by atoms with Crippen LogP contribution >= 0.6 is 0 Å². The first-order valence-corrected chi connectivity index (χ1v) is 18.5. The van der Waals surface area contributed by atoms with Crippen LogP contribution in [0.5, 0.6) is 0 Å². The van der Waals surface area contributed by atoms with Crippen molar-refractivity contribution in [2.45, 2.75) is 206 Å². The second-order valence-corrected chi connectivity index (χ2v) is 12.7. The second kappa shape index (κ2) is 34.4. The van der Waals surface area contributed by atoms with Gasteiger partial charge < -0.3 is 15.5 Å². The number of rotatable bonds is 33. The van der Waals surface area contributed by atoms with Gasteiger partial charge in [0.25, 0.3) is 0 Å². The molecule has 0 heterocycles. The lowest BCUT2D eigenvalue weighted by molar-refractivity contribution is -0.122. The first kappa shape index (κ1) is 40.9. The van der Waals surface area contributed by atoms with Crippen LogP contribution in [-0.4, -0.2) is 34.9 Å². The van der Waals surface area contributed by atoms with Crippen LogP contribution in [0.4, 0.5) is 0 Å². The summed E-state index contributed by atoms with van der Waals surface area (Å²) in [5.41, 5.74) is 0. The Morgan fingerprint density at radius 3 is 1.29 bits per heavy atom. The van der Waals surface area contributed by atoms with Gasteiger partial charge in [0, 0.05) is 6.42 Å². The Kier molecular flexibility index (Phi) is 33.4. The summed E-state index contributed by atoms with van der Waals surface area (Å²) < 4.78 is 0. The van der Waals surface area contributed by atoms with E-state index in [1.807, 2.05) is 12.2 Å². The fourth-order valence-electron chi connectivity index (χ4n) is 5.56. The van der Waals surface area contributed by atoms with Crippen molar-refractivity contribution < 1.29 is 15.0 Å². The van der Waals surface area contributed by atoms with Crippen molar-refractivity contribution in [2.75, 3.05) is 6.61 Å². The Labute approximate surface area is 262 Å². The normalized spacial score (nSPS) is 13.3. The first-order chi connectivity index (χ1) is 20.7. The average Bonchev–Trinajstić information content (AvgIpc) is 2.99. The molecule has 0 radical (unpaired) electrons. The van der Waals surface area contributed by atoms with Gasteiger partial charge in [-0.3, -0.25) is 4.79 Å². The molecule has 0 fully saturated rings. The van der Waals surface area contributed by atoms with Crippen molar-refractivity contribution in [3.63, 3.8) is 0 Å². The highest BCUT2D eigenvalue weighted by molar-refractivity contribution is 5.77. The van der Waals surface area contributed by atoms with E-state index < -0.39 is 12.1 Å². The Bertz CT molecular complexity index is 603. The van der Waals surface area contributed by atoms with Crippen LogP contribution in [0.1, 0.15) is 194 Å². The molecule has 4 heteroatoms. The molecule has 1 amide bonds. The van der Waals surface area contributed by atoms with Gasteiger partial charge in [-0.2, -0.15) is 0 Å². The fourth-order valence-corrected chi connectivity index (χ4v) is 5.56. The molecule has 0 rings (SSSR count). The predicted octanol–water partition coefficient (Wildman–Crippen LogP) is 10.9.